The molecule has 2 aromatic carbocycles. The molecule has 0 aliphatic rings. The van der Waals surface area contributed by atoms with Crippen molar-refractivity contribution in [3.8, 4) is 0 Å². The zero-order chi connectivity index (χ0) is 14.0. The largest absolute Gasteiger partial charge is 0.397 e. The molecule has 0 aliphatic carbocycles. The maximum absolute atomic E-state index is 6.14. The second-order valence-electron chi connectivity index (χ2n) is 5.66. The van der Waals surface area contributed by atoms with Crippen LogP contribution in [0.1, 0.15) is 26.3 Å². The maximum atomic E-state index is 6.14. The van der Waals surface area contributed by atoms with E-state index in [0.29, 0.717) is 10.7 Å². The Morgan fingerprint density at radius 2 is 1.63 bits per heavy atom. The summed E-state index contributed by atoms with van der Waals surface area (Å²) in [6, 6.07) is 13.8. The fourth-order valence-electron chi connectivity index (χ4n) is 1.87. The van der Waals surface area contributed by atoms with Crippen LogP contribution < -0.4 is 11.1 Å². The quantitative estimate of drug-likeness (QED) is 0.759. The van der Waals surface area contributed by atoms with E-state index in [2.05, 4.69) is 38.2 Å². The van der Waals surface area contributed by atoms with Gasteiger partial charge < -0.3 is 11.1 Å². The summed E-state index contributed by atoms with van der Waals surface area (Å²) in [6.45, 7) is 6.59. The standard InChI is InChI=1S/C16H19ClN2/c1-16(2,3)11-7-9-12(10-8-11)19-15-13(17)5-4-6-14(15)18/h4-10,19H,18H2,1-3H3. The molecule has 0 atom stereocenters. The SMILES string of the molecule is CC(C)(C)c1ccc(Nc2c(N)cccc2Cl)cc1. The van der Waals surface area contributed by atoms with E-state index in [0.717, 1.165) is 11.4 Å². The molecule has 0 radical (unpaired) electrons. The minimum absolute atomic E-state index is 0.155. The zero-order valence-electron chi connectivity index (χ0n) is 11.5. The van der Waals surface area contributed by atoms with Gasteiger partial charge in [-0.15, -0.1) is 0 Å². The van der Waals surface area contributed by atoms with Gasteiger partial charge in [0.05, 0.1) is 16.4 Å². The molecule has 0 spiro atoms. The molecule has 19 heavy (non-hydrogen) atoms. The Balaban J connectivity index is 2.25. The van der Waals surface area contributed by atoms with Gasteiger partial charge in [-0.25, -0.2) is 0 Å². The van der Waals surface area contributed by atoms with E-state index in [1.807, 2.05) is 30.3 Å². The number of anilines is 3. The molecule has 0 fully saturated rings. The van der Waals surface area contributed by atoms with E-state index < -0.39 is 0 Å². The van der Waals surface area contributed by atoms with Crippen molar-refractivity contribution in [2.45, 2.75) is 26.2 Å². The number of nitrogens with one attached hydrogen (secondary N) is 1. The van der Waals surface area contributed by atoms with Crippen LogP contribution in [0.3, 0.4) is 0 Å². The molecule has 0 unspecified atom stereocenters. The van der Waals surface area contributed by atoms with Crippen LogP contribution in [0.15, 0.2) is 42.5 Å². The van der Waals surface area contributed by atoms with Crippen molar-refractivity contribution in [2.75, 3.05) is 11.1 Å². The number of hydrogen-bond acceptors (Lipinski definition) is 2. The third-order valence-electron chi connectivity index (χ3n) is 3.07. The van der Waals surface area contributed by atoms with Gasteiger partial charge >= 0.3 is 0 Å². The van der Waals surface area contributed by atoms with Crippen molar-refractivity contribution in [3.05, 3.63) is 53.1 Å². The first kappa shape index (κ1) is 13.8. The first-order valence-corrected chi connectivity index (χ1v) is 6.67. The number of hydrogen-bond donors (Lipinski definition) is 2. The predicted molar refractivity (Wildman–Crippen MR) is 84.3 cm³/mol. The predicted octanol–water partition coefficient (Wildman–Crippen LogP) is 4.96. The number of nitrogen functional groups attached to an aromatic ring is 1. The van der Waals surface area contributed by atoms with Crippen LogP contribution in [0, 0.1) is 0 Å². The van der Waals surface area contributed by atoms with E-state index in [4.69, 9.17) is 17.3 Å². The van der Waals surface area contributed by atoms with Crippen molar-refractivity contribution in [2.24, 2.45) is 0 Å². The molecule has 100 valence electrons. The van der Waals surface area contributed by atoms with Crippen molar-refractivity contribution < 1.29 is 0 Å². The first-order chi connectivity index (χ1) is 8.88. The average molecular weight is 275 g/mol. The fraction of sp³-hybridized carbons (Fsp3) is 0.250. The molecule has 2 nitrogen and oxygen atoms in total. The molecule has 0 saturated carbocycles. The van der Waals surface area contributed by atoms with Gasteiger partial charge in [0.15, 0.2) is 0 Å². The van der Waals surface area contributed by atoms with Gasteiger partial charge in [0.1, 0.15) is 0 Å². The number of halogens is 1. The van der Waals surface area contributed by atoms with Gasteiger partial charge in [-0.05, 0) is 35.2 Å². The van der Waals surface area contributed by atoms with Crippen LogP contribution >= 0.6 is 11.6 Å². The second-order valence-corrected chi connectivity index (χ2v) is 6.06. The van der Waals surface area contributed by atoms with Crippen LogP contribution in [0.4, 0.5) is 17.1 Å². The molecule has 0 aromatic heterocycles. The normalized spacial score (nSPS) is 11.4. The van der Waals surface area contributed by atoms with Gasteiger partial charge in [0, 0.05) is 5.69 Å². The van der Waals surface area contributed by atoms with Crippen LogP contribution in [-0.4, -0.2) is 0 Å². The third kappa shape index (κ3) is 3.21. The van der Waals surface area contributed by atoms with Crippen LogP contribution in [0.2, 0.25) is 5.02 Å². The van der Waals surface area contributed by atoms with Gasteiger partial charge in [0.25, 0.3) is 0 Å². The highest BCUT2D eigenvalue weighted by Gasteiger charge is 2.13. The summed E-state index contributed by atoms with van der Waals surface area (Å²) in [5.41, 5.74) is 9.75. The van der Waals surface area contributed by atoms with E-state index >= 15 is 0 Å². The summed E-state index contributed by atoms with van der Waals surface area (Å²) >= 11 is 6.14. The molecule has 0 aliphatic heterocycles. The molecule has 3 heteroatoms. The molecule has 0 heterocycles. The lowest BCUT2D eigenvalue weighted by molar-refractivity contribution is 0.590. The fourth-order valence-corrected chi connectivity index (χ4v) is 2.10. The zero-order valence-corrected chi connectivity index (χ0v) is 12.3. The lowest BCUT2D eigenvalue weighted by atomic mass is 9.87. The molecular weight excluding hydrogens is 256 g/mol. The number of para-hydroxylation sites is 1. The number of nitrogens with two attached hydrogens (primary N) is 1. The number of benzene rings is 2. The Morgan fingerprint density at radius 1 is 1.00 bits per heavy atom. The highest BCUT2D eigenvalue weighted by atomic mass is 35.5. The summed E-state index contributed by atoms with van der Waals surface area (Å²) in [6.07, 6.45) is 0. The molecule has 0 amide bonds. The van der Waals surface area contributed by atoms with Crippen molar-refractivity contribution in [1.29, 1.82) is 0 Å². The van der Waals surface area contributed by atoms with Gasteiger partial charge in [-0.3, -0.25) is 0 Å². The van der Waals surface area contributed by atoms with E-state index in [1.165, 1.54) is 5.56 Å². The summed E-state index contributed by atoms with van der Waals surface area (Å²) in [7, 11) is 0. The minimum atomic E-state index is 0.155. The van der Waals surface area contributed by atoms with Crippen molar-refractivity contribution >= 4 is 28.7 Å². The maximum Gasteiger partial charge on any atom is 0.0807 e. The third-order valence-corrected chi connectivity index (χ3v) is 3.38. The molecule has 2 aromatic rings. The Labute approximate surface area is 119 Å². The Kier molecular flexibility index (Phi) is 3.72. The summed E-state index contributed by atoms with van der Waals surface area (Å²) in [5.74, 6) is 0. The average Bonchev–Trinajstić information content (AvgIpc) is 2.33. The minimum Gasteiger partial charge on any atom is -0.397 e. The van der Waals surface area contributed by atoms with E-state index in [9.17, 15) is 0 Å². The molecule has 2 rings (SSSR count). The highest BCUT2D eigenvalue weighted by Crippen LogP contribution is 2.31. The summed E-state index contributed by atoms with van der Waals surface area (Å²) in [4.78, 5) is 0. The van der Waals surface area contributed by atoms with Crippen LogP contribution in [0.5, 0.6) is 0 Å². The van der Waals surface area contributed by atoms with Gasteiger partial charge in [-0.1, -0.05) is 50.6 Å². The Hall–Kier alpha value is -1.67. The Bertz CT molecular complexity index is 548. The first-order valence-electron chi connectivity index (χ1n) is 6.29. The molecule has 3 N–H and O–H groups in total. The summed E-state index contributed by atoms with van der Waals surface area (Å²) in [5, 5.41) is 3.89. The Morgan fingerprint density at radius 3 is 2.16 bits per heavy atom. The van der Waals surface area contributed by atoms with Crippen LogP contribution in [0.25, 0.3) is 0 Å². The topological polar surface area (TPSA) is 38.0 Å². The lowest BCUT2D eigenvalue weighted by Gasteiger charge is -2.19. The number of rotatable bonds is 2. The van der Waals surface area contributed by atoms with Crippen molar-refractivity contribution in [1.82, 2.24) is 0 Å². The molecule has 0 bridgehead atoms. The van der Waals surface area contributed by atoms with Gasteiger partial charge in [0.2, 0.25) is 0 Å². The molecule has 0 saturated heterocycles. The van der Waals surface area contributed by atoms with E-state index in [-0.39, 0.29) is 5.41 Å². The second kappa shape index (κ2) is 5.14. The van der Waals surface area contributed by atoms with E-state index in [1.54, 1.807) is 0 Å². The lowest BCUT2D eigenvalue weighted by Crippen LogP contribution is -2.10. The van der Waals surface area contributed by atoms with Crippen molar-refractivity contribution in [3.63, 3.8) is 0 Å². The molecular formula is C16H19ClN2. The van der Waals surface area contributed by atoms with Gasteiger partial charge in [-0.2, -0.15) is 0 Å². The van der Waals surface area contributed by atoms with Crippen LogP contribution in [-0.2, 0) is 5.41 Å². The monoisotopic (exact) mass is 274 g/mol. The smallest absolute Gasteiger partial charge is 0.0807 e. The highest BCUT2D eigenvalue weighted by molar-refractivity contribution is 6.34. The summed E-state index contributed by atoms with van der Waals surface area (Å²) < 4.78 is 0.